The van der Waals surface area contributed by atoms with Crippen molar-refractivity contribution in [1.29, 1.82) is 0 Å². The van der Waals surface area contributed by atoms with E-state index < -0.39 is 5.97 Å². The highest BCUT2D eigenvalue weighted by Crippen LogP contribution is 2.24. The van der Waals surface area contributed by atoms with Crippen LogP contribution in [0.15, 0.2) is 91.0 Å². The molecular formula is C23H20O3. The number of allylic oxidation sites excluding steroid dienone is 1. The number of carboxylic acid groups (broad SMARTS) is 1. The van der Waals surface area contributed by atoms with Crippen LogP contribution >= 0.6 is 0 Å². The minimum atomic E-state index is -0.921. The van der Waals surface area contributed by atoms with Crippen molar-refractivity contribution in [2.75, 3.05) is 0 Å². The van der Waals surface area contributed by atoms with Crippen molar-refractivity contribution in [2.24, 2.45) is 0 Å². The molecule has 3 heteroatoms. The molecule has 3 aromatic carbocycles. The van der Waals surface area contributed by atoms with E-state index in [-0.39, 0.29) is 0 Å². The van der Waals surface area contributed by atoms with Crippen LogP contribution in [0.3, 0.4) is 0 Å². The molecule has 26 heavy (non-hydrogen) atoms. The van der Waals surface area contributed by atoms with E-state index in [9.17, 15) is 4.79 Å². The van der Waals surface area contributed by atoms with Crippen molar-refractivity contribution in [3.05, 3.63) is 102 Å². The molecule has 3 rings (SSSR count). The average Bonchev–Trinajstić information content (AvgIpc) is 2.67. The number of carbonyl (C=O) groups is 1. The Morgan fingerprint density at radius 1 is 0.808 bits per heavy atom. The van der Waals surface area contributed by atoms with Crippen molar-refractivity contribution >= 4 is 11.5 Å². The topological polar surface area (TPSA) is 46.5 Å². The van der Waals surface area contributed by atoms with Gasteiger partial charge >= 0.3 is 5.97 Å². The Balaban J connectivity index is 1.65. The highest BCUT2D eigenvalue weighted by atomic mass is 16.5. The molecule has 0 radical (unpaired) electrons. The van der Waals surface area contributed by atoms with Gasteiger partial charge in [-0.05, 0) is 53.8 Å². The Bertz CT molecular complexity index is 866. The molecule has 0 heterocycles. The first kappa shape index (κ1) is 17.5. The fraction of sp³-hybridized carbons (Fsp3) is 0.0870. The molecule has 0 bridgehead atoms. The fourth-order valence-electron chi connectivity index (χ4n) is 2.73. The van der Waals surface area contributed by atoms with Gasteiger partial charge in [0.2, 0.25) is 0 Å². The van der Waals surface area contributed by atoms with Gasteiger partial charge in [0.15, 0.2) is 0 Å². The molecule has 0 amide bonds. The first-order valence-electron chi connectivity index (χ1n) is 8.51. The molecule has 130 valence electrons. The summed E-state index contributed by atoms with van der Waals surface area (Å²) in [6.45, 7) is 0. The summed E-state index contributed by atoms with van der Waals surface area (Å²) in [6, 6.07) is 27.2. The highest BCUT2D eigenvalue weighted by molar-refractivity contribution is 5.90. The third-order valence-corrected chi connectivity index (χ3v) is 4.03. The van der Waals surface area contributed by atoms with Gasteiger partial charge in [-0.25, -0.2) is 4.79 Å². The zero-order valence-corrected chi connectivity index (χ0v) is 14.3. The van der Waals surface area contributed by atoms with Gasteiger partial charge in [0.05, 0.1) is 0 Å². The number of benzene rings is 3. The summed E-state index contributed by atoms with van der Waals surface area (Å²) < 4.78 is 5.79. The summed E-state index contributed by atoms with van der Waals surface area (Å²) in [4.78, 5) is 11.1. The minimum Gasteiger partial charge on any atom is -0.478 e. The van der Waals surface area contributed by atoms with E-state index in [4.69, 9.17) is 9.84 Å². The maximum absolute atomic E-state index is 11.1. The Hall–Kier alpha value is -3.33. The van der Waals surface area contributed by atoms with Crippen molar-refractivity contribution < 1.29 is 14.6 Å². The Labute approximate surface area is 153 Å². The maximum atomic E-state index is 11.1. The van der Waals surface area contributed by atoms with Gasteiger partial charge in [0.1, 0.15) is 11.5 Å². The predicted molar refractivity (Wildman–Crippen MR) is 103 cm³/mol. The molecule has 1 N–H and O–H groups in total. The quantitative estimate of drug-likeness (QED) is 0.569. The van der Waals surface area contributed by atoms with E-state index in [2.05, 4.69) is 0 Å². The van der Waals surface area contributed by atoms with Crippen LogP contribution in [0.25, 0.3) is 5.57 Å². The van der Waals surface area contributed by atoms with Gasteiger partial charge in [-0.2, -0.15) is 0 Å². The minimum absolute atomic E-state index is 0.662. The number of para-hydroxylation sites is 1. The molecule has 0 spiro atoms. The Kier molecular flexibility index (Phi) is 5.84. The maximum Gasteiger partial charge on any atom is 0.328 e. The molecule has 0 fully saturated rings. The number of hydrogen-bond acceptors (Lipinski definition) is 2. The van der Waals surface area contributed by atoms with Gasteiger partial charge in [-0.1, -0.05) is 60.7 Å². The smallest absolute Gasteiger partial charge is 0.328 e. The summed E-state index contributed by atoms with van der Waals surface area (Å²) in [5, 5.41) is 9.13. The number of carboxylic acids is 1. The van der Waals surface area contributed by atoms with Crippen molar-refractivity contribution in [3.63, 3.8) is 0 Å². The molecule has 3 aromatic rings. The Morgan fingerprint density at radius 2 is 1.38 bits per heavy atom. The highest BCUT2D eigenvalue weighted by Gasteiger charge is 2.05. The second-order valence-corrected chi connectivity index (χ2v) is 5.93. The van der Waals surface area contributed by atoms with E-state index in [0.29, 0.717) is 6.42 Å². The number of ether oxygens (including phenoxy) is 1. The average molecular weight is 344 g/mol. The van der Waals surface area contributed by atoms with Gasteiger partial charge < -0.3 is 9.84 Å². The normalized spacial score (nSPS) is 11.2. The first-order chi connectivity index (χ1) is 12.7. The van der Waals surface area contributed by atoms with E-state index in [1.807, 2.05) is 84.9 Å². The van der Waals surface area contributed by atoms with Gasteiger partial charge in [0, 0.05) is 6.08 Å². The van der Waals surface area contributed by atoms with E-state index >= 15 is 0 Å². The van der Waals surface area contributed by atoms with E-state index in [1.165, 1.54) is 6.08 Å². The van der Waals surface area contributed by atoms with Crippen LogP contribution in [-0.4, -0.2) is 11.1 Å². The molecular weight excluding hydrogens is 324 g/mol. The lowest BCUT2D eigenvalue weighted by molar-refractivity contribution is -0.131. The summed E-state index contributed by atoms with van der Waals surface area (Å²) >= 11 is 0. The second kappa shape index (κ2) is 8.67. The van der Waals surface area contributed by atoms with Crippen molar-refractivity contribution in [3.8, 4) is 11.5 Å². The van der Waals surface area contributed by atoms with E-state index in [1.54, 1.807) is 0 Å². The van der Waals surface area contributed by atoms with Crippen LogP contribution < -0.4 is 4.74 Å². The van der Waals surface area contributed by atoms with Gasteiger partial charge in [0.25, 0.3) is 0 Å². The number of aryl methyl sites for hydroxylation is 1. The second-order valence-electron chi connectivity index (χ2n) is 5.93. The zero-order valence-electron chi connectivity index (χ0n) is 14.3. The van der Waals surface area contributed by atoms with Crippen LogP contribution in [0.4, 0.5) is 0 Å². The van der Waals surface area contributed by atoms with Crippen molar-refractivity contribution in [2.45, 2.75) is 12.8 Å². The van der Waals surface area contributed by atoms with Crippen LogP contribution in [0.5, 0.6) is 11.5 Å². The third-order valence-electron chi connectivity index (χ3n) is 4.03. The SMILES string of the molecule is O=C(O)C=C(CCc1ccc(Oc2ccccc2)cc1)c1ccccc1. The van der Waals surface area contributed by atoms with E-state index in [0.717, 1.165) is 34.6 Å². The number of rotatable bonds is 7. The number of hydrogen-bond donors (Lipinski definition) is 1. The standard InChI is InChI=1S/C23H20O3/c24-23(25)17-20(19-7-3-1-4-8-19)14-11-18-12-15-22(16-13-18)26-21-9-5-2-6-10-21/h1-10,12-13,15-17H,11,14H2,(H,24,25). The van der Waals surface area contributed by atoms with Gasteiger partial charge in [-0.3, -0.25) is 0 Å². The molecule has 3 nitrogen and oxygen atoms in total. The largest absolute Gasteiger partial charge is 0.478 e. The molecule has 0 saturated carbocycles. The lowest BCUT2D eigenvalue weighted by atomic mass is 9.98. The molecule has 0 saturated heterocycles. The monoisotopic (exact) mass is 344 g/mol. The van der Waals surface area contributed by atoms with Crippen LogP contribution in [0.2, 0.25) is 0 Å². The third kappa shape index (κ3) is 5.08. The van der Waals surface area contributed by atoms with Crippen LogP contribution in [0, 0.1) is 0 Å². The van der Waals surface area contributed by atoms with Crippen LogP contribution in [-0.2, 0) is 11.2 Å². The lowest BCUT2D eigenvalue weighted by Gasteiger charge is -2.09. The van der Waals surface area contributed by atoms with Crippen molar-refractivity contribution in [1.82, 2.24) is 0 Å². The fourth-order valence-corrected chi connectivity index (χ4v) is 2.73. The molecule has 0 atom stereocenters. The zero-order chi connectivity index (χ0) is 18.2. The summed E-state index contributed by atoms with van der Waals surface area (Å²) in [6.07, 6.45) is 2.72. The summed E-state index contributed by atoms with van der Waals surface area (Å²) in [5.74, 6) is 0.663. The predicted octanol–water partition coefficient (Wildman–Crippen LogP) is 5.58. The first-order valence-corrected chi connectivity index (χ1v) is 8.51. The molecule has 0 aliphatic heterocycles. The Morgan fingerprint density at radius 3 is 2.00 bits per heavy atom. The molecule has 0 unspecified atom stereocenters. The molecule has 0 aliphatic rings. The number of aliphatic carboxylic acids is 1. The summed E-state index contributed by atoms with van der Waals surface area (Å²) in [7, 11) is 0. The molecule has 0 aliphatic carbocycles. The lowest BCUT2D eigenvalue weighted by Crippen LogP contribution is -1.95. The van der Waals surface area contributed by atoms with Gasteiger partial charge in [-0.15, -0.1) is 0 Å². The van der Waals surface area contributed by atoms with Crippen LogP contribution in [0.1, 0.15) is 17.5 Å². The molecule has 0 aromatic heterocycles. The summed E-state index contributed by atoms with van der Waals surface area (Å²) in [5.41, 5.74) is 2.90.